The van der Waals surface area contributed by atoms with Gasteiger partial charge in [-0.15, -0.1) is 0 Å². The Morgan fingerprint density at radius 3 is 2.41 bits per heavy atom. The maximum absolute atomic E-state index is 5.44. The van der Waals surface area contributed by atoms with Gasteiger partial charge in [0.25, 0.3) is 0 Å². The van der Waals surface area contributed by atoms with Gasteiger partial charge in [0.1, 0.15) is 0 Å². The SMILES string of the molecule is CNCCc1c(COC)ccc(OC)c1OC. The third kappa shape index (κ3) is 3.35. The molecule has 0 fully saturated rings. The molecule has 4 nitrogen and oxygen atoms in total. The first-order valence-corrected chi connectivity index (χ1v) is 5.64. The standard InChI is InChI=1S/C13H21NO3/c1-14-8-7-11-10(9-15-2)5-6-12(16-3)13(11)17-4/h5-6,14H,7-9H2,1-4H3. The Hall–Kier alpha value is -1.26. The molecule has 0 amide bonds. The zero-order valence-electron chi connectivity index (χ0n) is 11.0. The first kappa shape index (κ1) is 13.8. The lowest BCUT2D eigenvalue weighted by molar-refractivity contribution is 0.183. The fourth-order valence-electron chi connectivity index (χ4n) is 1.85. The van der Waals surface area contributed by atoms with Crippen molar-refractivity contribution in [2.45, 2.75) is 13.0 Å². The first-order chi connectivity index (χ1) is 8.28. The lowest BCUT2D eigenvalue weighted by Crippen LogP contribution is -2.13. The van der Waals surface area contributed by atoms with Gasteiger partial charge in [-0.2, -0.15) is 0 Å². The summed E-state index contributed by atoms with van der Waals surface area (Å²) in [5.74, 6) is 1.57. The summed E-state index contributed by atoms with van der Waals surface area (Å²) >= 11 is 0. The maximum atomic E-state index is 5.44. The number of likely N-dealkylation sites (N-methyl/N-ethyl adjacent to an activating group) is 1. The zero-order valence-corrected chi connectivity index (χ0v) is 11.0. The van der Waals surface area contributed by atoms with Crippen molar-refractivity contribution in [2.24, 2.45) is 0 Å². The fourth-order valence-corrected chi connectivity index (χ4v) is 1.85. The number of ether oxygens (including phenoxy) is 3. The van der Waals surface area contributed by atoms with E-state index in [-0.39, 0.29) is 0 Å². The molecule has 0 aromatic heterocycles. The molecule has 0 atom stereocenters. The van der Waals surface area contributed by atoms with Gasteiger partial charge in [-0.25, -0.2) is 0 Å². The Bertz CT molecular complexity index is 353. The van der Waals surface area contributed by atoms with Crippen molar-refractivity contribution in [1.29, 1.82) is 0 Å². The van der Waals surface area contributed by atoms with Crippen LogP contribution in [0.3, 0.4) is 0 Å². The second-order valence-electron chi connectivity index (χ2n) is 3.73. The molecule has 1 aromatic rings. The highest BCUT2D eigenvalue weighted by Gasteiger charge is 2.14. The van der Waals surface area contributed by atoms with Crippen molar-refractivity contribution >= 4 is 0 Å². The van der Waals surface area contributed by atoms with Crippen molar-refractivity contribution in [1.82, 2.24) is 5.32 Å². The van der Waals surface area contributed by atoms with Gasteiger partial charge < -0.3 is 19.5 Å². The van der Waals surface area contributed by atoms with E-state index in [1.54, 1.807) is 21.3 Å². The van der Waals surface area contributed by atoms with Crippen LogP contribution in [0.5, 0.6) is 11.5 Å². The third-order valence-corrected chi connectivity index (χ3v) is 2.67. The van der Waals surface area contributed by atoms with E-state index in [9.17, 15) is 0 Å². The molecule has 0 bridgehead atoms. The van der Waals surface area contributed by atoms with E-state index >= 15 is 0 Å². The van der Waals surface area contributed by atoms with Crippen molar-refractivity contribution < 1.29 is 14.2 Å². The molecule has 1 N–H and O–H groups in total. The van der Waals surface area contributed by atoms with Crippen LogP contribution >= 0.6 is 0 Å². The summed E-state index contributed by atoms with van der Waals surface area (Å²) in [5, 5.41) is 3.14. The topological polar surface area (TPSA) is 39.7 Å². The summed E-state index contributed by atoms with van der Waals surface area (Å²) < 4.78 is 16.0. The average molecular weight is 239 g/mol. The van der Waals surface area contributed by atoms with Gasteiger partial charge in [0.2, 0.25) is 0 Å². The summed E-state index contributed by atoms with van der Waals surface area (Å²) in [7, 11) is 6.94. The summed E-state index contributed by atoms with van der Waals surface area (Å²) in [6.45, 7) is 1.47. The summed E-state index contributed by atoms with van der Waals surface area (Å²) in [6, 6.07) is 3.94. The zero-order chi connectivity index (χ0) is 12.7. The second-order valence-corrected chi connectivity index (χ2v) is 3.73. The number of nitrogens with one attached hydrogen (secondary N) is 1. The minimum absolute atomic E-state index is 0.583. The molecule has 96 valence electrons. The predicted octanol–water partition coefficient (Wildman–Crippen LogP) is 1.61. The van der Waals surface area contributed by atoms with Gasteiger partial charge in [0.15, 0.2) is 11.5 Å². The Morgan fingerprint density at radius 2 is 1.88 bits per heavy atom. The van der Waals surface area contributed by atoms with E-state index < -0.39 is 0 Å². The molecule has 0 saturated heterocycles. The van der Waals surface area contributed by atoms with Gasteiger partial charge in [-0.05, 0) is 31.6 Å². The van der Waals surface area contributed by atoms with Crippen LogP contribution in [0.4, 0.5) is 0 Å². The minimum atomic E-state index is 0.583. The van der Waals surface area contributed by atoms with Crippen molar-refractivity contribution in [3.8, 4) is 11.5 Å². The maximum Gasteiger partial charge on any atom is 0.164 e. The highest BCUT2D eigenvalue weighted by Crippen LogP contribution is 2.34. The number of rotatable bonds is 7. The number of hydrogen-bond donors (Lipinski definition) is 1. The molecule has 0 spiro atoms. The van der Waals surface area contributed by atoms with Crippen LogP contribution in [0, 0.1) is 0 Å². The average Bonchev–Trinajstić information content (AvgIpc) is 2.36. The molecule has 1 aromatic carbocycles. The molecule has 0 unspecified atom stereocenters. The first-order valence-electron chi connectivity index (χ1n) is 5.64. The number of benzene rings is 1. The Kier molecular flexibility index (Phi) is 5.80. The van der Waals surface area contributed by atoms with E-state index in [0.717, 1.165) is 35.6 Å². The van der Waals surface area contributed by atoms with Crippen LogP contribution in [0.1, 0.15) is 11.1 Å². The number of methoxy groups -OCH3 is 3. The van der Waals surface area contributed by atoms with Gasteiger partial charge in [0.05, 0.1) is 20.8 Å². The highest BCUT2D eigenvalue weighted by molar-refractivity contribution is 5.50. The summed E-state index contributed by atoms with van der Waals surface area (Å²) in [4.78, 5) is 0. The van der Waals surface area contributed by atoms with E-state index in [2.05, 4.69) is 5.32 Å². The molecule has 0 aliphatic heterocycles. The van der Waals surface area contributed by atoms with E-state index in [1.165, 1.54) is 0 Å². The van der Waals surface area contributed by atoms with Crippen LogP contribution in [-0.2, 0) is 17.8 Å². The molecule has 0 aliphatic carbocycles. The van der Waals surface area contributed by atoms with Crippen molar-refractivity contribution in [3.05, 3.63) is 23.3 Å². The van der Waals surface area contributed by atoms with Crippen LogP contribution < -0.4 is 14.8 Å². The molecular weight excluding hydrogens is 218 g/mol. The normalized spacial score (nSPS) is 10.4. The lowest BCUT2D eigenvalue weighted by atomic mass is 10.0. The molecule has 0 saturated carbocycles. The van der Waals surface area contributed by atoms with E-state index in [0.29, 0.717) is 6.61 Å². The second kappa shape index (κ2) is 7.14. The van der Waals surface area contributed by atoms with Crippen molar-refractivity contribution in [2.75, 3.05) is 34.9 Å². The van der Waals surface area contributed by atoms with Crippen LogP contribution in [0.25, 0.3) is 0 Å². The van der Waals surface area contributed by atoms with Crippen molar-refractivity contribution in [3.63, 3.8) is 0 Å². The summed E-state index contributed by atoms with van der Waals surface area (Å²) in [6.07, 6.45) is 0.884. The molecule has 0 aliphatic rings. The third-order valence-electron chi connectivity index (χ3n) is 2.67. The minimum Gasteiger partial charge on any atom is -0.493 e. The molecule has 0 heterocycles. The smallest absolute Gasteiger partial charge is 0.164 e. The van der Waals surface area contributed by atoms with Gasteiger partial charge in [0, 0.05) is 12.7 Å². The Morgan fingerprint density at radius 1 is 1.12 bits per heavy atom. The molecule has 1 rings (SSSR count). The Labute approximate surface area is 103 Å². The quantitative estimate of drug-likeness (QED) is 0.784. The molecule has 17 heavy (non-hydrogen) atoms. The molecular formula is C13H21NO3. The number of hydrogen-bond acceptors (Lipinski definition) is 4. The van der Waals surface area contributed by atoms with E-state index in [1.807, 2.05) is 19.2 Å². The van der Waals surface area contributed by atoms with Gasteiger partial charge >= 0.3 is 0 Å². The molecule has 4 heteroatoms. The molecule has 0 radical (unpaired) electrons. The largest absolute Gasteiger partial charge is 0.493 e. The predicted molar refractivity (Wildman–Crippen MR) is 67.9 cm³/mol. The van der Waals surface area contributed by atoms with E-state index in [4.69, 9.17) is 14.2 Å². The van der Waals surface area contributed by atoms with Crippen LogP contribution in [0.2, 0.25) is 0 Å². The van der Waals surface area contributed by atoms with Crippen LogP contribution in [0.15, 0.2) is 12.1 Å². The highest BCUT2D eigenvalue weighted by atomic mass is 16.5. The van der Waals surface area contributed by atoms with Crippen LogP contribution in [-0.4, -0.2) is 34.9 Å². The summed E-state index contributed by atoms with van der Waals surface area (Å²) in [5.41, 5.74) is 2.28. The lowest BCUT2D eigenvalue weighted by Gasteiger charge is -2.16. The monoisotopic (exact) mass is 239 g/mol. The Balaban J connectivity index is 3.13. The van der Waals surface area contributed by atoms with Gasteiger partial charge in [-0.1, -0.05) is 6.07 Å². The fraction of sp³-hybridized carbons (Fsp3) is 0.538. The van der Waals surface area contributed by atoms with Gasteiger partial charge in [-0.3, -0.25) is 0 Å².